The number of nitrogens with one attached hydrogen (secondary N) is 1. The quantitative estimate of drug-likeness (QED) is 0.765. The van der Waals surface area contributed by atoms with Crippen molar-refractivity contribution in [1.29, 1.82) is 0 Å². The Balaban J connectivity index is 1.75. The summed E-state index contributed by atoms with van der Waals surface area (Å²) in [6.07, 6.45) is 0. The first-order valence-corrected chi connectivity index (χ1v) is 6.81. The van der Waals surface area contributed by atoms with Gasteiger partial charge in [-0.05, 0) is 47.3 Å². The molecule has 1 aromatic heterocycles. The van der Waals surface area contributed by atoms with Crippen LogP contribution in [0, 0.1) is 0 Å². The summed E-state index contributed by atoms with van der Waals surface area (Å²) < 4.78 is 5.72. The molecule has 3 aromatic rings. The van der Waals surface area contributed by atoms with Gasteiger partial charge in [-0.15, -0.1) is 0 Å². The Morgan fingerprint density at radius 2 is 1.85 bits per heavy atom. The number of rotatable bonds is 4. The summed E-state index contributed by atoms with van der Waals surface area (Å²) >= 11 is 5.84. The van der Waals surface area contributed by atoms with E-state index in [-0.39, 0.29) is 0 Å². The Morgan fingerprint density at radius 1 is 1.05 bits per heavy atom. The molecule has 0 bridgehead atoms. The highest BCUT2D eigenvalue weighted by Gasteiger charge is 2.03. The standard InChI is InChI=1S/C16H15ClN2O/c17-13-3-5-15(6-4-13)20-10-14-8-12-2-1-11(9-18)7-16(12)19-14/h1-8,19H,9-10,18H2. The first-order chi connectivity index (χ1) is 9.74. The molecule has 0 saturated carbocycles. The van der Waals surface area contributed by atoms with E-state index in [2.05, 4.69) is 23.2 Å². The van der Waals surface area contributed by atoms with Crippen molar-refractivity contribution in [2.24, 2.45) is 5.73 Å². The zero-order valence-corrected chi connectivity index (χ0v) is 11.7. The van der Waals surface area contributed by atoms with E-state index in [0.29, 0.717) is 18.2 Å². The zero-order valence-electron chi connectivity index (χ0n) is 10.9. The lowest BCUT2D eigenvalue weighted by molar-refractivity contribution is 0.302. The van der Waals surface area contributed by atoms with Gasteiger partial charge in [-0.3, -0.25) is 0 Å². The lowest BCUT2D eigenvalue weighted by atomic mass is 10.2. The predicted molar refractivity (Wildman–Crippen MR) is 82.0 cm³/mol. The fraction of sp³-hybridized carbons (Fsp3) is 0.125. The molecule has 3 nitrogen and oxygen atoms in total. The summed E-state index contributed by atoms with van der Waals surface area (Å²) in [5.41, 5.74) is 8.88. The summed E-state index contributed by atoms with van der Waals surface area (Å²) in [5, 5.41) is 1.87. The van der Waals surface area contributed by atoms with Gasteiger partial charge in [0.25, 0.3) is 0 Å². The van der Waals surface area contributed by atoms with Crippen LogP contribution in [0.1, 0.15) is 11.3 Å². The smallest absolute Gasteiger partial charge is 0.128 e. The van der Waals surface area contributed by atoms with E-state index in [0.717, 1.165) is 27.9 Å². The van der Waals surface area contributed by atoms with Gasteiger partial charge in [-0.25, -0.2) is 0 Å². The molecule has 102 valence electrons. The summed E-state index contributed by atoms with van der Waals surface area (Å²) in [6, 6.07) is 15.6. The Labute approximate surface area is 122 Å². The van der Waals surface area contributed by atoms with Crippen molar-refractivity contribution in [1.82, 2.24) is 4.98 Å². The molecular weight excluding hydrogens is 272 g/mol. The summed E-state index contributed by atoms with van der Waals surface area (Å²) in [4.78, 5) is 3.35. The second kappa shape index (κ2) is 5.57. The fourth-order valence-electron chi connectivity index (χ4n) is 2.13. The van der Waals surface area contributed by atoms with E-state index in [1.165, 1.54) is 0 Å². The van der Waals surface area contributed by atoms with Gasteiger partial charge in [0.1, 0.15) is 12.4 Å². The van der Waals surface area contributed by atoms with E-state index in [1.807, 2.05) is 30.3 Å². The zero-order chi connectivity index (χ0) is 13.9. The van der Waals surface area contributed by atoms with Gasteiger partial charge in [0.15, 0.2) is 0 Å². The maximum Gasteiger partial charge on any atom is 0.128 e. The third-order valence-corrected chi connectivity index (χ3v) is 3.44. The van der Waals surface area contributed by atoms with Gasteiger partial charge in [-0.2, -0.15) is 0 Å². The minimum absolute atomic E-state index is 0.494. The predicted octanol–water partition coefficient (Wildman–Crippen LogP) is 3.86. The van der Waals surface area contributed by atoms with Gasteiger partial charge in [0.2, 0.25) is 0 Å². The molecule has 0 unspecified atom stereocenters. The van der Waals surface area contributed by atoms with Crippen LogP contribution in [0.2, 0.25) is 5.02 Å². The summed E-state index contributed by atoms with van der Waals surface area (Å²) in [7, 11) is 0. The largest absolute Gasteiger partial charge is 0.487 e. The third-order valence-electron chi connectivity index (χ3n) is 3.19. The van der Waals surface area contributed by atoms with Crippen molar-refractivity contribution in [2.75, 3.05) is 0 Å². The van der Waals surface area contributed by atoms with Crippen molar-refractivity contribution in [3.8, 4) is 5.75 Å². The second-order valence-corrected chi connectivity index (χ2v) is 5.10. The number of ether oxygens (including phenoxy) is 1. The third kappa shape index (κ3) is 2.79. The van der Waals surface area contributed by atoms with E-state index in [1.54, 1.807) is 0 Å². The van der Waals surface area contributed by atoms with E-state index in [9.17, 15) is 0 Å². The number of hydrogen-bond acceptors (Lipinski definition) is 2. The number of benzene rings is 2. The lowest BCUT2D eigenvalue weighted by Crippen LogP contribution is -1.95. The first kappa shape index (κ1) is 13.0. The molecule has 0 atom stereocenters. The van der Waals surface area contributed by atoms with Crippen LogP contribution in [0.5, 0.6) is 5.75 Å². The van der Waals surface area contributed by atoms with Crippen LogP contribution in [0.15, 0.2) is 48.5 Å². The normalized spacial score (nSPS) is 10.9. The monoisotopic (exact) mass is 286 g/mol. The van der Waals surface area contributed by atoms with Gasteiger partial charge < -0.3 is 15.5 Å². The molecule has 2 aromatic carbocycles. The highest BCUT2D eigenvalue weighted by molar-refractivity contribution is 6.30. The van der Waals surface area contributed by atoms with Crippen LogP contribution in [-0.4, -0.2) is 4.98 Å². The molecule has 0 saturated heterocycles. The van der Waals surface area contributed by atoms with Gasteiger partial charge >= 0.3 is 0 Å². The molecule has 4 heteroatoms. The number of aromatic nitrogens is 1. The second-order valence-electron chi connectivity index (χ2n) is 4.66. The van der Waals surface area contributed by atoms with Crippen molar-refractivity contribution < 1.29 is 4.74 Å². The Bertz CT molecular complexity index is 719. The van der Waals surface area contributed by atoms with Crippen LogP contribution < -0.4 is 10.5 Å². The Hall–Kier alpha value is -1.97. The van der Waals surface area contributed by atoms with E-state index < -0.39 is 0 Å². The molecule has 0 aliphatic heterocycles. The molecule has 20 heavy (non-hydrogen) atoms. The van der Waals surface area contributed by atoms with Crippen molar-refractivity contribution in [3.05, 3.63) is 64.8 Å². The topological polar surface area (TPSA) is 51.0 Å². The summed E-state index contributed by atoms with van der Waals surface area (Å²) in [6.45, 7) is 1.04. The fourth-order valence-corrected chi connectivity index (χ4v) is 2.26. The molecule has 3 rings (SSSR count). The van der Waals surface area contributed by atoms with Crippen LogP contribution >= 0.6 is 11.6 Å². The van der Waals surface area contributed by atoms with Crippen molar-refractivity contribution >= 4 is 22.5 Å². The SMILES string of the molecule is NCc1ccc2cc(COc3ccc(Cl)cc3)[nH]c2c1. The minimum atomic E-state index is 0.494. The van der Waals surface area contributed by atoms with Crippen LogP contribution in [0.4, 0.5) is 0 Å². The average molecular weight is 287 g/mol. The Morgan fingerprint density at radius 3 is 2.60 bits per heavy atom. The van der Waals surface area contributed by atoms with Crippen molar-refractivity contribution in [2.45, 2.75) is 13.2 Å². The number of nitrogens with two attached hydrogens (primary N) is 1. The molecule has 0 radical (unpaired) electrons. The lowest BCUT2D eigenvalue weighted by Gasteiger charge is -2.04. The number of halogens is 1. The molecular formula is C16H15ClN2O. The average Bonchev–Trinajstić information content (AvgIpc) is 2.88. The number of aromatic amines is 1. The molecule has 0 fully saturated rings. The molecule has 0 aliphatic rings. The van der Waals surface area contributed by atoms with Crippen LogP contribution in [0.25, 0.3) is 10.9 Å². The van der Waals surface area contributed by atoms with E-state index >= 15 is 0 Å². The highest BCUT2D eigenvalue weighted by Crippen LogP contribution is 2.20. The van der Waals surface area contributed by atoms with Gasteiger partial charge in [0, 0.05) is 17.1 Å². The maximum atomic E-state index is 5.84. The number of fused-ring (bicyclic) bond motifs is 1. The molecule has 1 heterocycles. The number of hydrogen-bond donors (Lipinski definition) is 2. The van der Waals surface area contributed by atoms with Gasteiger partial charge in [0.05, 0.1) is 5.69 Å². The molecule has 0 spiro atoms. The summed E-state index contributed by atoms with van der Waals surface area (Å²) in [5.74, 6) is 0.802. The highest BCUT2D eigenvalue weighted by atomic mass is 35.5. The molecule has 3 N–H and O–H groups in total. The van der Waals surface area contributed by atoms with E-state index in [4.69, 9.17) is 22.1 Å². The Kier molecular flexibility index (Phi) is 3.63. The van der Waals surface area contributed by atoms with Crippen molar-refractivity contribution in [3.63, 3.8) is 0 Å². The molecule has 0 aliphatic carbocycles. The number of H-pyrrole nitrogens is 1. The maximum absolute atomic E-state index is 5.84. The van der Waals surface area contributed by atoms with Crippen LogP contribution in [0.3, 0.4) is 0 Å². The minimum Gasteiger partial charge on any atom is -0.487 e. The van der Waals surface area contributed by atoms with Gasteiger partial charge in [-0.1, -0.05) is 23.7 Å². The molecule has 0 amide bonds. The van der Waals surface area contributed by atoms with Crippen LogP contribution in [-0.2, 0) is 13.2 Å². The first-order valence-electron chi connectivity index (χ1n) is 6.43.